The highest BCUT2D eigenvalue weighted by Gasteiger charge is 2.14. The van der Waals surface area contributed by atoms with E-state index >= 15 is 0 Å². The Labute approximate surface area is 172 Å². The molecular formula is C21H20ClN5O2. The normalized spacial score (nSPS) is 11.0. The number of benzene rings is 2. The number of H-pyrrole nitrogens is 1. The summed E-state index contributed by atoms with van der Waals surface area (Å²) in [4.78, 5) is 12.1. The van der Waals surface area contributed by atoms with Crippen molar-refractivity contribution >= 4 is 11.6 Å². The number of nitrogens with one attached hydrogen (secondary N) is 1. The van der Waals surface area contributed by atoms with E-state index in [2.05, 4.69) is 15.4 Å². The summed E-state index contributed by atoms with van der Waals surface area (Å²) in [5.74, 6) is 0.768. The maximum absolute atomic E-state index is 12.1. The van der Waals surface area contributed by atoms with Gasteiger partial charge in [0.15, 0.2) is 5.15 Å². The van der Waals surface area contributed by atoms with Crippen molar-refractivity contribution in [2.24, 2.45) is 7.05 Å². The van der Waals surface area contributed by atoms with Crippen LogP contribution in [0.1, 0.15) is 16.7 Å². The number of halogens is 1. The fourth-order valence-electron chi connectivity index (χ4n) is 3.17. The lowest BCUT2D eigenvalue weighted by molar-refractivity contribution is 0.301. The molecule has 2 aromatic carbocycles. The average Bonchev–Trinajstić information content (AvgIpc) is 2.72. The molecule has 0 fully saturated rings. The second-order valence-electron chi connectivity index (χ2n) is 6.86. The first-order valence-corrected chi connectivity index (χ1v) is 9.47. The minimum atomic E-state index is -0.110. The predicted octanol–water partition coefficient (Wildman–Crippen LogP) is 3.81. The van der Waals surface area contributed by atoms with Crippen LogP contribution in [0.15, 0.2) is 53.3 Å². The Balaban J connectivity index is 1.58. The van der Waals surface area contributed by atoms with Crippen molar-refractivity contribution in [2.45, 2.75) is 20.5 Å². The lowest BCUT2D eigenvalue weighted by Gasteiger charge is -2.19. The zero-order chi connectivity index (χ0) is 20.5. The van der Waals surface area contributed by atoms with Gasteiger partial charge in [0.25, 0.3) is 0 Å². The van der Waals surface area contributed by atoms with Gasteiger partial charge in [-0.25, -0.2) is 14.7 Å². The van der Waals surface area contributed by atoms with Crippen molar-refractivity contribution in [3.05, 3.63) is 80.9 Å². The number of aromatic amines is 1. The molecule has 2 aromatic heterocycles. The summed E-state index contributed by atoms with van der Waals surface area (Å²) in [6.45, 7) is 4.33. The van der Waals surface area contributed by atoms with Crippen molar-refractivity contribution < 1.29 is 4.74 Å². The highest BCUT2D eigenvalue weighted by Crippen LogP contribution is 2.27. The molecule has 0 atom stereocenters. The number of aryl methyl sites for hydroxylation is 3. The third-order valence-corrected chi connectivity index (χ3v) is 5.03. The van der Waals surface area contributed by atoms with Crippen LogP contribution >= 0.6 is 11.6 Å². The summed E-state index contributed by atoms with van der Waals surface area (Å²) in [5.41, 5.74) is 5.35. The third kappa shape index (κ3) is 3.69. The Hall–Kier alpha value is -3.32. The quantitative estimate of drug-likeness (QED) is 0.543. The van der Waals surface area contributed by atoms with E-state index < -0.39 is 0 Å². The maximum Gasteiger partial charge on any atom is 0.364 e. The van der Waals surface area contributed by atoms with Crippen LogP contribution in [0.4, 0.5) is 0 Å². The van der Waals surface area contributed by atoms with E-state index in [4.69, 9.17) is 16.3 Å². The molecule has 2 heterocycles. The van der Waals surface area contributed by atoms with Gasteiger partial charge < -0.3 is 4.74 Å². The van der Waals surface area contributed by atoms with E-state index in [-0.39, 0.29) is 5.69 Å². The Morgan fingerprint density at radius 1 is 1.07 bits per heavy atom. The molecule has 0 aliphatic rings. The van der Waals surface area contributed by atoms with Crippen LogP contribution in [-0.2, 0) is 13.7 Å². The molecule has 0 spiro atoms. The van der Waals surface area contributed by atoms with E-state index in [1.54, 1.807) is 13.1 Å². The molecule has 8 heteroatoms. The number of ether oxygens (including phenoxy) is 1. The zero-order valence-corrected chi connectivity index (χ0v) is 17.1. The topological polar surface area (TPSA) is 77.7 Å². The van der Waals surface area contributed by atoms with E-state index in [0.29, 0.717) is 11.8 Å². The standard InChI is InChI=1S/C21H20ClN5O2/c1-13-5-4-6-18(27-21(28)26(3)25-27)16(13)12-29-19-9-7-15(11-14(19)2)17-8-10-20(22)24-23-17/h4-11,25H,12H2,1-3H3. The van der Waals surface area contributed by atoms with Crippen LogP contribution in [-0.4, -0.2) is 24.8 Å². The van der Waals surface area contributed by atoms with Gasteiger partial charge in [-0.3, -0.25) is 0 Å². The molecule has 0 saturated carbocycles. The second kappa shape index (κ2) is 7.60. The summed E-state index contributed by atoms with van der Waals surface area (Å²) in [5, 5.41) is 11.3. The largest absolute Gasteiger partial charge is 0.489 e. The van der Waals surface area contributed by atoms with Crippen molar-refractivity contribution in [1.82, 2.24) is 24.8 Å². The summed E-state index contributed by atoms with van der Waals surface area (Å²) >= 11 is 5.81. The summed E-state index contributed by atoms with van der Waals surface area (Å²) in [6.07, 6.45) is 0. The van der Waals surface area contributed by atoms with Crippen LogP contribution in [0.5, 0.6) is 5.75 Å². The van der Waals surface area contributed by atoms with Crippen LogP contribution in [0, 0.1) is 13.8 Å². The molecule has 0 radical (unpaired) electrons. The van der Waals surface area contributed by atoms with E-state index in [9.17, 15) is 4.79 Å². The predicted molar refractivity (Wildman–Crippen MR) is 112 cm³/mol. The monoisotopic (exact) mass is 409 g/mol. The number of nitrogens with zero attached hydrogens (tertiary/aromatic N) is 4. The molecule has 148 valence electrons. The summed E-state index contributed by atoms with van der Waals surface area (Å²) in [6, 6.07) is 15.2. The molecule has 4 rings (SSSR count). The van der Waals surface area contributed by atoms with Crippen molar-refractivity contribution in [2.75, 3.05) is 0 Å². The molecule has 0 aliphatic carbocycles. The molecule has 4 aromatic rings. The maximum atomic E-state index is 12.1. The Morgan fingerprint density at radius 2 is 1.90 bits per heavy atom. The van der Waals surface area contributed by atoms with Crippen molar-refractivity contribution in [1.29, 1.82) is 0 Å². The highest BCUT2D eigenvalue weighted by molar-refractivity contribution is 6.29. The third-order valence-electron chi connectivity index (χ3n) is 4.83. The van der Waals surface area contributed by atoms with Gasteiger partial charge in [-0.2, -0.15) is 4.68 Å². The van der Waals surface area contributed by atoms with Gasteiger partial charge in [0.1, 0.15) is 12.4 Å². The van der Waals surface area contributed by atoms with Crippen LogP contribution in [0.2, 0.25) is 5.15 Å². The van der Waals surface area contributed by atoms with E-state index in [1.807, 2.05) is 56.3 Å². The van der Waals surface area contributed by atoms with E-state index in [0.717, 1.165) is 39.4 Å². The zero-order valence-electron chi connectivity index (χ0n) is 16.3. The Kier molecular flexibility index (Phi) is 4.98. The van der Waals surface area contributed by atoms with Crippen LogP contribution < -0.4 is 10.4 Å². The highest BCUT2D eigenvalue weighted by atomic mass is 35.5. The molecule has 0 amide bonds. The molecule has 0 aliphatic heterocycles. The molecule has 0 unspecified atom stereocenters. The first-order chi connectivity index (χ1) is 13.9. The molecule has 29 heavy (non-hydrogen) atoms. The van der Waals surface area contributed by atoms with Crippen LogP contribution in [0.3, 0.4) is 0 Å². The molecular weight excluding hydrogens is 390 g/mol. The molecule has 0 saturated heterocycles. The minimum absolute atomic E-state index is 0.110. The van der Waals surface area contributed by atoms with Crippen LogP contribution in [0.25, 0.3) is 16.9 Å². The van der Waals surface area contributed by atoms with Crippen molar-refractivity contribution in [3.63, 3.8) is 0 Å². The average molecular weight is 410 g/mol. The fraction of sp³-hybridized carbons (Fsp3) is 0.190. The SMILES string of the molecule is Cc1cc(-c2ccc(Cl)nn2)ccc1OCc1c(C)cccc1-n1[nH]n(C)c1=O. The smallest absolute Gasteiger partial charge is 0.364 e. The van der Waals surface area contributed by atoms with Crippen molar-refractivity contribution in [3.8, 4) is 22.7 Å². The number of hydrogen-bond donors (Lipinski definition) is 1. The fourth-order valence-corrected chi connectivity index (χ4v) is 3.27. The Bertz CT molecular complexity index is 1220. The molecule has 1 N–H and O–H groups in total. The minimum Gasteiger partial charge on any atom is -0.489 e. The Morgan fingerprint density at radius 3 is 2.55 bits per heavy atom. The van der Waals surface area contributed by atoms with Gasteiger partial charge in [0, 0.05) is 18.2 Å². The molecule has 7 nitrogen and oxygen atoms in total. The second-order valence-corrected chi connectivity index (χ2v) is 7.25. The van der Waals surface area contributed by atoms with Gasteiger partial charge >= 0.3 is 5.69 Å². The van der Waals surface area contributed by atoms with E-state index in [1.165, 1.54) is 9.36 Å². The number of rotatable bonds is 5. The van der Waals surface area contributed by atoms with Gasteiger partial charge in [0.05, 0.1) is 11.4 Å². The number of hydrogen-bond acceptors (Lipinski definition) is 4. The lowest BCUT2D eigenvalue weighted by atomic mass is 10.1. The molecule has 0 bridgehead atoms. The first-order valence-electron chi connectivity index (χ1n) is 9.09. The van der Waals surface area contributed by atoms with Gasteiger partial charge in [-0.1, -0.05) is 23.7 Å². The van der Waals surface area contributed by atoms with Gasteiger partial charge in [-0.05, 0) is 61.4 Å². The summed E-state index contributed by atoms with van der Waals surface area (Å²) in [7, 11) is 1.68. The summed E-state index contributed by atoms with van der Waals surface area (Å²) < 4.78 is 9.04. The number of aromatic nitrogens is 5. The van der Waals surface area contributed by atoms with Gasteiger partial charge in [0.2, 0.25) is 0 Å². The van der Waals surface area contributed by atoms with Gasteiger partial charge in [-0.15, -0.1) is 10.2 Å². The lowest BCUT2D eigenvalue weighted by Crippen LogP contribution is -2.40. The first kappa shape index (κ1) is 19.0.